The maximum Gasteiger partial charge on any atom is 0.130 e. The van der Waals surface area contributed by atoms with Crippen molar-refractivity contribution in [2.75, 3.05) is 20.2 Å². The van der Waals surface area contributed by atoms with Gasteiger partial charge in [-0.05, 0) is 45.0 Å². The van der Waals surface area contributed by atoms with Crippen molar-refractivity contribution in [3.63, 3.8) is 0 Å². The molecular formula is C17H23N3O. The predicted octanol–water partition coefficient (Wildman–Crippen LogP) is 2.56. The van der Waals surface area contributed by atoms with Gasteiger partial charge in [-0.2, -0.15) is 0 Å². The minimum atomic E-state index is 0.437. The van der Waals surface area contributed by atoms with E-state index in [1.807, 2.05) is 24.3 Å². The first-order valence-electron chi connectivity index (χ1n) is 7.69. The molecule has 3 rings (SSSR count). The van der Waals surface area contributed by atoms with Crippen LogP contribution in [0.3, 0.4) is 0 Å². The van der Waals surface area contributed by atoms with Crippen LogP contribution in [0.25, 0.3) is 10.9 Å². The molecular weight excluding hydrogens is 262 g/mol. The lowest BCUT2D eigenvalue weighted by Crippen LogP contribution is -2.26. The fourth-order valence-electron chi connectivity index (χ4n) is 3.07. The summed E-state index contributed by atoms with van der Waals surface area (Å²) in [5.74, 6) is 0.904. The van der Waals surface area contributed by atoms with E-state index in [0.717, 1.165) is 35.4 Å². The Morgan fingerprint density at radius 3 is 3.00 bits per heavy atom. The summed E-state index contributed by atoms with van der Waals surface area (Å²) in [6.45, 7) is 2.39. The Balaban J connectivity index is 1.73. The summed E-state index contributed by atoms with van der Waals surface area (Å²) in [5, 5.41) is 1.06. The van der Waals surface area contributed by atoms with Gasteiger partial charge in [0.2, 0.25) is 0 Å². The molecule has 0 aliphatic carbocycles. The van der Waals surface area contributed by atoms with Gasteiger partial charge in [0.25, 0.3) is 0 Å². The van der Waals surface area contributed by atoms with Crippen LogP contribution < -0.4 is 10.5 Å². The zero-order chi connectivity index (χ0) is 14.7. The van der Waals surface area contributed by atoms with Gasteiger partial charge in [0, 0.05) is 24.0 Å². The Morgan fingerprint density at radius 1 is 1.38 bits per heavy atom. The number of fused-ring (bicyclic) bond motifs is 1. The molecule has 0 spiro atoms. The van der Waals surface area contributed by atoms with Gasteiger partial charge < -0.3 is 15.4 Å². The van der Waals surface area contributed by atoms with E-state index < -0.39 is 0 Å². The number of para-hydroxylation sites is 1. The van der Waals surface area contributed by atoms with E-state index in [1.165, 1.54) is 19.4 Å². The average Bonchev–Trinajstić information content (AvgIpc) is 2.92. The third kappa shape index (κ3) is 3.17. The fourth-order valence-corrected chi connectivity index (χ4v) is 3.07. The Hall–Kier alpha value is -1.65. The van der Waals surface area contributed by atoms with Gasteiger partial charge >= 0.3 is 0 Å². The minimum Gasteiger partial charge on any atom is -0.493 e. The monoisotopic (exact) mass is 285 g/mol. The zero-order valence-electron chi connectivity index (χ0n) is 12.6. The molecule has 0 saturated carbocycles. The fraction of sp³-hybridized carbons (Fsp3) is 0.471. The summed E-state index contributed by atoms with van der Waals surface area (Å²) in [5.41, 5.74) is 7.56. The molecule has 0 amide bonds. The van der Waals surface area contributed by atoms with E-state index in [4.69, 9.17) is 10.5 Å². The molecule has 2 aromatic rings. The van der Waals surface area contributed by atoms with Crippen LogP contribution in [0.15, 0.2) is 30.3 Å². The molecule has 112 valence electrons. The molecule has 1 saturated heterocycles. The number of rotatable bonds is 5. The van der Waals surface area contributed by atoms with Crippen molar-refractivity contribution in [2.45, 2.75) is 31.8 Å². The number of nitrogens with zero attached hydrogens (tertiary/aromatic N) is 2. The van der Waals surface area contributed by atoms with Crippen molar-refractivity contribution < 1.29 is 4.74 Å². The number of hydrogen-bond acceptors (Lipinski definition) is 4. The van der Waals surface area contributed by atoms with Crippen molar-refractivity contribution in [2.24, 2.45) is 5.73 Å². The van der Waals surface area contributed by atoms with Crippen molar-refractivity contribution in [3.05, 3.63) is 36.0 Å². The molecule has 4 nitrogen and oxygen atoms in total. The lowest BCUT2D eigenvalue weighted by Gasteiger charge is -2.19. The van der Waals surface area contributed by atoms with E-state index >= 15 is 0 Å². The van der Waals surface area contributed by atoms with Crippen LogP contribution in [-0.4, -0.2) is 36.1 Å². The van der Waals surface area contributed by atoms with Gasteiger partial charge in [-0.3, -0.25) is 4.98 Å². The molecule has 0 bridgehead atoms. The van der Waals surface area contributed by atoms with Gasteiger partial charge in [0.15, 0.2) is 0 Å². The Bertz CT molecular complexity index is 614. The topological polar surface area (TPSA) is 51.4 Å². The molecule has 21 heavy (non-hydrogen) atoms. The smallest absolute Gasteiger partial charge is 0.130 e. The first-order valence-corrected chi connectivity index (χ1v) is 7.69. The van der Waals surface area contributed by atoms with Gasteiger partial charge in [-0.1, -0.05) is 12.1 Å². The van der Waals surface area contributed by atoms with Crippen molar-refractivity contribution in [3.8, 4) is 5.75 Å². The average molecular weight is 285 g/mol. The summed E-state index contributed by atoms with van der Waals surface area (Å²) in [7, 11) is 2.20. The molecule has 2 N–H and O–H groups in total. The Morgan fingerprint density at radius 2 is 2.24 bits per heavy atom. The van der Waals surface area contributed by atoms with E-state index in [2.05, 4.69) is 23.0 Å². The molecule has 1 aromatic heterocycles. The van der Waals surface area contributed by atoms with Gasteiger partial charge in [0.1, 0.15) is 5.75 Å². The third-order valence-electron chi connectivity index (χ3n) is 4.32. The highest BCUT2D eigenvalue weighted by Crippen LogP contribution is 2.26. The Labute approximate surface area is 125 Å². The second kappa shape index (κ2) is 6.41. The molecule has 1 unspecified atom stereocenters. The molecule has 1 aliphatic heterocycles. The summed E-state index contributed by atoms with van der Waals surface area (Å²) < 4.78 is 6.05. The SMILES string of the molecule is CN1CCCC1CCOc1cc(CN)nc2ccccc12. The Kier molecular flexibility index (Phi) is 4.36. The largest absolute Gasteiger partial charge is 0.493 e. The molecule has 1 atom stereocenters. The van der Waals surface area contributed by atoms with Crippen molar-refractivity contribution in [1.82, 2.24) is 9.88 Å². The van der Waals surface area contributed by atoms with E-state index in [9.17, 15) is 0 Å². The predicted molar refractivity (Wildman–Crippen MR) is 85.4 cm³/mol. The van der Waals surface area contributed by atoms with Crippen molar-refractivity contribution in [1.29, 1.82) is 0 Å². The number of likely N-dealkylation sites (tertiary alicyclic amines) is 1. The van der Waals surface area contributed by atoms with Crippen molar-refractivity contribution >= 4 is 10.9 Å². The summed E-state index contributed by atoms with van der Waals surface area (Å²) in [4.78, 5) is 6.97. The number of nitrogens with two attached hydrogens (primary N) is 1. The molecule has 2 heterocycles. The summed E-state index contributed by atoms with van der Waals surface area (Å²) >= 11 is 0. The number of aromatic nitrogens is 1. The number of pyridine rings is 1. The van der Waals surface area contributed by atoms with Crippen LogP contribution in [-0.2, 0) is 6.54 Å². The second-order valence-corrected chi connectivity index (χ2v) is 5.75. The molecule has 1 aliphatic rings. The minimum absolute atomic E-state index is 0.437. The standard InChI is InChI=1S/C17H23N3O/c1-20-9-4-5-14(20)8-10-21-17-11-13(12-18)19-16-7-3-2-6-15(16)17/h2-3,6-7,11,14H,4-5,8-10,12,18H2,1H3. The lowest BCUT2D eigenvalue weighted by molar-refractivity contribution is 0.234. The quantitative estimate of drug-likeness (QED) is 0.917. The van der Waals surface area contributed by atoms with Crippen LogP contribution in [0.1, 0.15) is 25.0 Å². The molecule has 1 aromatic carbocycles. The molecule has 1 fully saturated rings. The lowest BCUT2D eigenvalue weighted by atomic mass is 10.1. The van der Waals surface area contributed by atoms with Crippen LogP contribution >= 0.6 is 0 Å². The van der Waals surface area contributed by atoms with Crippen LogP contribution in [0.2, 0.25) is 0 Å². The molecule has 0 radical (unpaired) electrons. The molecule has 4 heteroatoms. The van der Waals surface area contributed by atoms with Crippen LogP contribution in [0.5, 0.6) is 5.75 Å². The van der Waals surface area contributed by atoms with Crippen LogP contribution in [0, 0.1) is 0 Å². The van der Waals surface area contributed by atoms with Gasteiger partial charge in [-0.15, -0.1) is 0 Å². The van der Waals surface area contributed by atoms with Gasteiger partial charge in [-0.25, -0.2) is 0 Å². The first-order chi connectivity index (χ1) is 10.3. The number of ether oxygens (including phenoxy) is 1. The van der Waals surface area contributed by atoms with E-state index in [-0.39, 0.29) is 0 Å². The van der Waals surface area contributed by atoms with E-state index in [0.29, 0.717) is 12.6 Å². The van der Waals surface area contributed by atoms with E-state index in [1.54, 1.807) is 0 Å². The van der Waals surface area contributed by atoms with Crippen LogP contribution in [0.4, 0.5) is 0 Å². The van der Waals surface area contributed by atoms with Gasteiger partial charge in [0.05, 0.1) is 17.8 Å². The highest BCUT2D eigenvalue weighted by molar-refractivity contribution is 5.85. The third-order valence-corrected chi connectivity index (χ3v) is 4.32. The maximum absolute atomic E-state index is 6.05. The normalized spacial score (nSPS) is 19.2. The highest BCUT2D eigenvalue weighted by Gasteiger charge is 2.20. The number of benzene rings is 1. The second-order valence-electron chi connectivity index (χ2n) is 5.75. The maximum atomic E-state index is 6.05. The highest BCUT2D eigenvalue weighted by atomic mass is 16.5. The first kappa shape index (κ1) is 14.3. The summed E-state index contributed by atoms with van der Waals surface area (Å²) in [6, 6.07) is 10.7. The summed E-state index contributed by atoms with van der Waals surface area (Å²) in [6.07, 6.45) is 3.66. The number of hydrogen-bond donors (Lipinski definition) is 1. The zero-order valence-corrected chi connectivity index (χ0v) is 12.6.